The molecule has 2 heterocycles. The van der Waals surface area contributed by atoms with Crippen LogP contribution in [0.25, 0.3) is 0 Å². The zero-order valence-corrected chi connectivity index (χ0v) is 12.3. The molecule has 0 bridgehead atoms. The van der Waals surface area contributed by atoms with E-state index in [1.165, 1.54) is 12.8 Å². The van der Waals surface area contributed by atoms with Gasteiger partial charge in [-0.2, -0.15) is 0 Å². The van der Waals surface area contributed by atoms with Crippen molar-refractivity contribution in [1.29, 1.82) is 0 Å². The van der Waals surface area contributed by atoms with E-state index in [9.17, 15) is 9.59 Å². The summed E-state index contributed by atoms with van der Waals surface area (Å²) in [5, 5.41) is 0. The number of anilines is 2. The molecular weight excluding hydrogens is 282 g/mol. The van der Waals surface area contributed by atoms with E-state index in [4.69, 9.17) is 10.5 Å². The molecule has 1 aliphatic carbocycles. The van der Waals surface area contributed by atoms with Gasteiger partial charge < -0.3 is 15.4 Å². The average Bonchev–Trinajstić information content (AvgIpc) is 3.17. The van der Waals surface area contributed by atoms with Gasteiger partial charge in [-0.05, 0) is 42.5 Å². The van der Waals surface area contributed by atoms with E-state index in [0.717, 1.165) is 23.5 Å². The van der Waals surface area contributed by atoms with Crippen LogP contribution in [0.15, 0.2) is 18.2 Å². The van der Waals surface area contributed by atoms with Gasteiger partial charge in [0.05, 0.1) is 13.0 Å². The number of fused-ring (bicyclic) bond motifs is 1. The summed E-state index contributed by atoms with van der Waals surface area (Å²) in [4.78, 5) is 27.6. The highest BCUT2D eigenvalue weighted by molar-refractivity contribution is 6.02. The van der Waals surface area contributed by atoms with Crippen LogP contribution in [0.2, 0.25) is 0 Å². The number of nitrogens with two attached hydrogens (primary N) is 1. The molecule has 22 heavy (non-hydrogen) atoms. The number of nitrogens with zero attached hydrogens (tertiary/aromatic N) is 2. The third-order valence-electron chi connectivity index (χ3n) is 4.58. The summed E-state index contributed by atoms with van der Waals surface area (Å²) in [7, 11) is 0. The van der Waals surface area contributed by atoms with Crippen LogP contribution in [0.5, 0.6) is 0 Å². The molecule has 1 aromatic carbocycles. The number of hydrogen-bond donors (Lipinski definition) is 1. The smallest absolute Gasteiger partial charge is 0.414 e. The molecule has 6 nitrogen and oxygen atoms in total. The summed E-state index contributed by atoms with van der Waals surface area (Å²) in [5.41, 5.74) is 8.32. The lowest BCUT2D eigenvalue weighted by molar-refractivity contribution is -0.117. The molecule has 0 spiro atoms. The summed E-state index contributed by atoms with van der Waals surface area (Å²) in [5.74, 6) is 0.816. The van der Waals surface area contributed by atoms with Gasteiger partial charge in [-0.1, -0.05) is 0 Å². The van der Waals surface area contributed by atoms with Crippen molar-refractivity contribution >= 4 is 23.4 Å². The second-order valence-corrected chi connectivity index (χ2v) is 6.29. The van der Waals surface area contributed by atoms with E-state index in [-0.39, 0.29) is 18.1 Å². The minimum Gasteiger partial charge on any atom is -0.443 e. The molecule has 2 aliphatic heterocycles. The fraction of sp³-hybridized carbons (Fsp3) is 0.500. The molecule has 1 unspecified atom stereocenters. The lowest BCUT2D eigenvalue weighted by atomic mass is 10.1. The van der Waals surface area contributed by atoms with Gasteiger partial charge in [0, 0.05) is 24.5 Å². The van der Waals surface area contributed by atoms with Crippen molar-refractivity contribution in [3.63, 3.8) is 0 Å². The molecule has 2 N–H and O–H groups in total. The van der Waals surface area contributed by atoms with Gasteiger partial charge in [0.1, 0.15) is 6.10 Å². The highest BCUT2D eigenvalue weighted by Gasteiger charge is 2.35. The summed E-state index contributed by atoms with van der Waals surface area (Å²) < 4.78 is 5.18. The second-order valence-electron chi connectivity index (χ2n) is 6.29. The molecule has 2 fully saturated rings. The maximum absolute atomic E-state index is 12.2. The average molecular weight is 301 g/mol. The summed E-state index contributed by atoms with van der Waals surface area (Å²) in [6.45, 7) is 1.61. The minimum atomic E-state index is -0.366. The van der Waals surface area contributed by atoms with E-state index in [1.807, 2.05) is 23.1 Å². The van der Waals surface area contributed by atoms with Gasteiger partial charge in [-0.15, -0.1) is 0 Å². The first-order valence-electron chi connectivity index (χ1n) is 7.77. The SMILES string of the molecule is NCC1CN(c2ccc3c(c2)CC(=O)N3CC2CC2)C(=O)O1. The van der Waals surface area contributed by atoms with E-state index in [1.54, 1.807) is 4.90 Å². The lowest BCUT2D eigenvalue weighted by Crippen LogP contribution is -2.29. The normalized spacial score (nSPS) is 24.0. The van der Waals surface area contributed by atoms with Crippen LogP contribution in [0, 0.1) is 5.92 Å². The first-order chi connectivity index (χ1) is 10.7. The monoisotopic (exact) mass is 301 g/mol. The molecule has 4 rings (SSSR count). The fourth-order valence-electron chi connectivity index (χ4n) is 3.15. The van der Waals surface area contributed by atoms with Crippen molar-refractivity contribution in [3.8, 4) is 0 Å². The Labute approximate surface area is 128 Å². The Bertz CT molecular complexity index is 642. The number of rotatable bonds is 4. The largest absolute Gasteiger partial charge is 0.443 e. The van der Waals surface area contributed by atoms with Gasteiger partial charge in [-0.25, -0.2) is 4.79 Å². The molecule has 2 amide bonds. The van der Waals surface area contributed by atoms with E-state index < -0.39 is 0 Å². The van der Waals surface area contributed by atoms with Crippen molar-refractivity contribution < 1.29 is 14.3 Å². The Morgan fingerprint density at radius 2 is 2.09 bits per heavy atom. The molecule has 6 heteroatoms. The number of ether oxygens (including phenoxy) is 1. The topological polar surface area (TPSA) is 75.9 Å². The van der Waals surface area contributed by atoms with Gasteiger partial charge in [-0.3, -0.25) is 9.69 Å². The summed E-state index contributed by atoms with van der Waals surface area (Å²) >= 11 is 0. The van der Waals surface area contributed by atoms with Gasteiger partial charge in [0.2, 0.25) is 5.91 Å². The molecule has 1 saturated carbocycles. The lowest BCUT2D eigenvalue weighted by Gasteiger charge is -2.18. The van der Waals surface area contributed by atoms with Gasteiger partial charge >= 0.3 is 6.09 Å². The molecule has 116 valence electrons. The van der Waals surface area contributed by atoms with Crippen LogP contribution in [-0.4, -0.2) is 37.7 Å². The fourth-order valence-corrected chi connectivity index (χ4v) is 3.15. The van der Waals surface area contributed by atoms with Crippen LogP contribution in [-0.2, 0) is 16.0 Å². The maximum Gasteiger partial charge on any atom is 0.414 e. The molecule has 1 atom stereocenters. The number of cyclic esters (lactones) is 1. The number of amides is 2. The van der Waals surface area contributed by atoms with E-state index in [2.05, 4.69) is 0 Å². The molecule has 3 aliphatic rings. The summed E-state index contributed by atoms with van der Waals surface area (Å²) in [6, 6.07) is 5.76. The first kappa shape index (κ1) is 13.6. The third kappa shape index (κ3) is 2.23. The Balaban J connectivity index is 1.59. The standard InChI is InChI=1S/C16H19N3O3/c17-7-13-9-18(16(21)22-13)12-3-4-14-11(5-12)6-15(20)19(14)8-10-1-2-10/h3-5,10,13H,1-2,6-9,17H2. The van der Waals surface area contributed by atoms with Crippen LogP contribution < -0.4 is 15.5 Å². The van der Waals surface area contributed by atoms with Crippen molar-refractivity contribution in [2.24, 2.45) is 11.7 Å². The van der Waals surface area contributed by atoms with Crippen molar-refractivity contribution in [2.45, 2.75) is 25.4 Å². The number of benzene rings is 1. The zero-order chi connectivity index (χ0) is 15.3. The zero-order valence-electron chi connectivity index (χ0n) is 12.3. The van der Waals surface area contributed by atoms with Gasteiger partial charge in [0.25, 0.3) is 0 Å². The summed E-state index contributed by atoms with van der Waals surface area (Å²) in [6.07, 6.45) is 2.23. The van der Waals surface area contributed by atoms with Crippen LogP contribution in [0.4, 0.5) is 16.2 Å². The molecule has 1 aromatic rings. The van der Waals surface area contributed by atoms with Gasteiger partial charge in [0.15, 0.2) is 0 Å². The Morgan fingerprint density at radius 1 is 1.27 bits per heavy atom. The molecule has 0 aromatic heterocycles. The molecule has 1 saturated heterocycles. The van der Waals surface area contributed by atoms with E-state index in [0.29, 0.717) is 25.4 Å². The highest BCUT2D eigenvalue weighted by atomic mass is 16.6. The molecular formula is C16H19N3O3. The first-order valence-corrected chi connectivity index (χ1v) is 7.77. The predicted molar refractivity (Wildman–Crippen MR) is 81.9 cm³/mol. The molecule has 0 radical (unpaired) electrons. The predicted octanol–water partition coefficient (Wildman–Crippen LogP) is 1.27. The van der Waals surface area contributed by atoms with Crippen LogP contribution in [0.3, 0.4) is 0 Å². The highest BCUT2D eigenvalue weighted by Crippen LogP contribution is 2.37. The van der Waals surface area contributed by atoms with Crippen LogP contribution >= 0.6 is 0 Å². The second kappa shape index (κ2) is 4.98. The van der Waals surface area contributed by atoms with E-state index >= 15 is 0 Å². The Kier molecular flexibility index (Phi) is 3.07. The Hall–Kier alpha value is -2.08. The third-order valence-corrected chi connectivity index (χ3v) is 4.58. The Morgan fingerprint density at radius 3 is 2.77 bits per heavy atom. The minimum absolute atomic E-state index is 0.155. The number of hydrogen-bond acceptors (Lipinski definition) is 4. The van der Waals surface area contributed by atoms with Crippen molar-refractivity contribution in [1.82, 2.24) is 0 Å². The quantitative estimate of drug-likeness (QED) is 0.908. The number of carbonyl (C=O) groups excluding carboxylic acids is 2. The van der Waals surface area contributed by atoms with Crippen LogP contribution in [0.1, 0.15) is 18.4 Å². The van der Waals surface area contributed by atoms with Crippen molar-refractivity contribution in [2.75, 3.05) is 29.4 Å². The number of carbonyl (C=O) groups is 2. The maximum atomic E-state index is 12.2. The van der Waals surface area contributed by atoms with Crippen molar-refractivity contribution in [3.05, 3.63) is 23.8 Å².